The van der Waals surface area contributed by atoms with E-state index in [0.29, 0.717) is 17.0 Å². The third-order valence-electron chi connectivity index (χ3n) is 3.40. The number of rotatable bonds is 3. The summed E-state index contributed by atoms with van der Waals surface area (Å²) in [7, 11) is 1.72. The quantitative estimate of drug-likeness (QED) is 0.749. The number of fused-ring (bicyclic) bond motifs is 1. The van der Waals surface area contributed by atoms with Gasteiger partial charge in [0.15, 0.2) is 5.58 Å². The Bertz CT molecular complexity index is 795. The molecule has 0 saturated heterocycles. The molecule has 0 saturated carbocycles. The fourth-order valence-corrected chi connectivity index (χ4v) is 2.20. The molecule has 3 aromatic rings. The molecule has 0 spiro atoms. The lowest BCUT2D eigenvalue weighted by molar-refractivity contribution is -0.117. The summed E-state index contributed by atoms with van der Waals surface area (Å²) >= 11 is 0. The van der Waals surface area contributed by atoms with Crippen LogP contribution in [0.25, 0.3) is 11.0 Å². The van der Waals surface area contributed by atoms with Crippen LogP contribution < -0.4 is 10.6 Å². The van der Waals surface area contributed by atoms with E-state index in [-0.39, 0.29) is 12.3 Å². The fraction of sp³-hybridized carbons (Fsp3) is 0.125. The molecule has 0 unspecified atom stereocenters. The van der Waals surface area contributed by atoms with Crippen LogP contribution in [0.15, 0.2) is 53.1 Å². The molecule has 1 heterocycles. The molecule has 0 fully saturated rings. The van der Waals surface area contributed by atoms with E-state index < -0.39 is 0 Å². The average molecular weight is 281 g/mol. The molecule has 5 nitrogen and oxygen atoms in total. The van der Waals surface area contributed by atoms with Gasteiger partial charge in [-0.2, -0.15) is 0 Å². The molecule has 0 aliphatic heterocycles. The minimum Gasteiger partial charge on any atom is -0.399 e. The first-order valence-electron chi connectivity index (χ1n) is 6.60. The van der Waals surface area contributed by atoms with Gasteiger partial charge in [-0.1, -0.05) is 23.4 Å². The lowest BCUT2D eigenvalue weighted by Gasteiger charge is -2.17. The molecule has 2 aromatic carbocycles. The summed E-state index contributed by atoms with van der Waals surface area (Å²) in [5, 5.41) is 4.85. The van der Waals surface area contributed by atoms with Crippen molar-refractivity contribution in [3.8, 4) is 0 Å². The summed E-state index contributed by atoms with van der Waals surface area (Å²) in [6.45, 7) is 0. The number of nitrogens with zero attached hydrogens (tertiary/aromatic N) is 2. The molecule has 0 aliphatic carbocycles. The maximum Gasteiger partial charge on any atom is 0.232 e. The zero-order valence-electron chi connectivity index (χ0n) is 11.6. The van der Waals surface area contributed by atoms with Gasteiger partial charge in [-0.3, -0.25) is 4.79 Å². The number of anilines is 2. The first-order chi connectivity index (χ1) is 10.1. The minimum absolute atomic E-state index is 0.0698. The van der Waals surface area contributed by atoms with Crippen molar-refractivity contribution in [2.75, 3.05) is 17.7 Å². The van der Waals surface area contributed by atoms with E-state index in [1.165, 1.54) is 0 Å². The van der Waals surface area contributed by atoms with Crippen molar-refractivity contribution in [2.24, 2.45) is 0 Å². The number of aromatic nitrogens is 1. The van der Waals surface area contributed by atoms with Crippen LogP contribution >= 0.6 is 0 Å². The number of nitrogen functional groups attached to an aromatic ring is 1. The summed E-state index contributed by atoms with van der Waals surface area (Å²) in [4.78, 5) is 13.9. The number of hydrogen-bond donors (Lipinski definition) is 1. The van der Waals surface area contributed by atoms with Gasteiger partial charge < -0.3 is 15.2 Å². The Morgan fingerprint density at radius 1 is 1.24 bits per heavy atom. The second-order valence-corrected chi connectivity index (χ2v) is 4.85. The van der Waals surface area contributed by atoms with Crippen LogP contribution in [-0.2, 0) is 11.2 Å². The molecule has 0 aliphatic rings. The van der Waals surface area contributed by atoms with E-state index in [2.05, 4.69) is 5.16 Å². The van der Waals surface area contributed by atoms with Gasteiger partial charge in [0.1, 0.15) is 5.69 Å². The predicted molar refractivity (Wildman–Crippen MR) is 82.0 cm³/mol. The molecule has 3 rings (SSSR count). The number of amides is 1. The molecule has 21 heavy (non-hydrogen) atoms. The Labute approximate surface area is 121 Å². The van der Waals surface area contributed by atoms with Crippen LogP contribution in [0.1, 0.15) is 5.69 Å². The van der Waals surface area contributed by atoms with Gasteiger partial charge in [-0.15, -0.1) is 0 Å². The Hall–Kier alpha value is -2.82. The smallest absolute Gasteiger partial charge is 0.232 e. The normalized spacial score (nSPS) is 10.7. The number of carbonyl (C=O) groups is 1. The highest BCUT2D eigenvalue weighted by atomic mass is 16.5. The summed E-state index contributed by atoms with van der Waals surface area (Å²) in [6, 6.07) is 14.7. The van der Waals surface area contributed by atoms with Gasteiger partial charge in [-0.05, 0) is 30.3 Å². The highest BCUT2D eigenvalue weighted by Gasteiger charge is 2.16. The van der Waals surface area contributed by atoms with E-state index in [9.17, 15) is 4.79 Å². The first-order valence-corrected chi connectivity index (χ1v) is 6.60. The maximum absolute atomic E-state index is 12.4. The number of carbonyl (C=O) groups excluding carboxylic acids is 1. The van der Waals surface area contributed by atoms with Crippen molar-refractivity contribution in [1.82, 2.24) is 5.16 Å². The summed E-state index contributed by atoms with van der Waals surface area (Å²) in [5.74, 6) is -0.0698. The molecule has 2 N–H and O–H groups in total. The van der Waals surface area contributed by atoms with Crippen LogP contribution in [0.4, 0.5) is 11.4 Å². The monoisotopic (exact) mass is 281 g/mol. The van der Waals surface area contributed by atoms with Crippen molar-refractivity contribution in [3.63, 3.8) is 0 Å². The molecular weight excluding hydrogens is 266 g/mol. The van der Waals surface area contributed by atoms with Crippen LogP contribution in [0.2, 0.25) is 0 Å². The van der Waals surface area contributed by atoms with Crippen molar-refractivity contribution in [2.45, 2.75) is 6.42 Å². The predicted octanol–water partition coefficient (Wildman–Crippen LogP) is 2.62. The molecule has 1 aromatic heterocycles. The number of nitrogens with two attached hydrogens (primary N) is 1. The third-order valence-corrected chi connectivity index (χ3v) is 3.40. The number of benzene rings is 2. The molecule has 0 radical (unpaired) electrons. The zero-order valence-corrected chi connectivity index (χ0v) is 11.6. The van der Waals surface area contributed by atoms with Gasteiger partial charge in [0.25, 0.3) is 0 Å². The van der Waals surface area contributed by atoms with Gasteiger partial charge in [0, 0.05) is 23.8 Å². The van der Waals surface area contributed by atoms with Crippen molar-refractivity contribution < 1.29 is 9.32 Å². The number of likely N-dealkylation sites (N-methyl/N-ethyl adjacent to an activating group) is 1. The van der Waals surface area contributed by atoms with E-state index in [4.69, 9.17) is 10.3 Å². The van der Waals surface area contributed by atoms with Crippen molar-refractivity contribution >= 4 is 28.3 Å². The molecule has 5 heteroatoms. The van der Waals surface area contributed by atoms with Gasteiger partial charge >= 0.3 is 0 Å². The van der Waals surface area contributed by atoms with E-state index in [0.717, 1.165) is 11.1 Å². The van der Waals surface area contributed by atoms with Crippen LogP contribution in [0.5, 0.6) is 0 Å². The highest BCUT2D eigenvalue weighted by Crippen LogP contribution is 2.21. The molecule has 106 valence electrons. The van der Waals surface area contributed by atoms with Crippen LogP contribution in [-0.4, -0.2) is 18.1 Å². The molecule has 0 atom stereocenters. The Balaban J connectivity index is 1.83. The number of hydrogen-bond acceptors (Lipinski definition) is 4. The second kappa shape index (κ2) is 5.28. The van der Waals surface area contributed by atoms with E-state index in [1.807, 2.05) is 36.4 Å². The average Bonchev–Trinajstić information content (AvgIpc) is 2.90. The Morgan fingerprint density at radius 2 is 2.05 bits per heavy atom. The Kier molecular flexibility index (Phi) is 3.31. The largest absolute Gasteiger partial charge is 0.399 e. The Morgan fingerprint density at radius 3 is 2.86 bits per heavy atom. The SMILES string of the molecule is CN(C(=O)Cc1noc2ccccc12)c1cccc(N)c1. The number of para-hydroxylation sites is 1. The standard InChI is InChI=1S/C16H15N3O2/c1-19(12-6-4-5-11(17)9-12)16(20)10-14-13-7-2-3-8-15(13)21-18-14/h2-9H,10,17H2,1H3. The first kappa shape index (κ1) is 13.2. The van der Waals surface area contributed by atoms with E-state index >= 15 is 0 Å². The third kappa shape index (κ3) is 2.58. The van der Waals surface area contributed by atoms with Crippen molar-refractivity contribution in [1.29, 1.82) is 0 Å². The molecule has 0 bridgehead atoms. The topological polar surface area (TPSA) is 72.4 Å². The van der Waals surface area contributed by atoms with Gasteiger partial charge in [0.2, 0.25) is 5.91 Å². The summed E-state index contributed by atoms with van der Waals surface area (Å²) < 4.78 is 5.21. The summed E-state index contributed by atoms with van der Waals surface area (Å²) in [6.07, 6.45) is 0.183. The van der Waals surface area contributed by atoms with Gasteiger partial charge in [0.05, 0.1) is 6.42 Å². The van der Waals surface area contributed by atoms with Crippen LogP contribution in [0, 0.1) is 0 Å². The zero-order chi connectivity index (χ0) is 14.8. The van der Waals surface area contributed by atoms with E-state index in [1.54, 1.807) is 24.1 Å². The van der Waals surface area contributed by atoms with Gasteiger partial charge in [-0.25, -0.2) is 0 Å². The lowest BCUT2D eigenvalue weighted by atomic mass is 10.1. The van der Waals surface area contributed by atoms with Crippen molar-refractivity contribution in [3.05, 3.63) is 54.2 Å². The minimum atomic E-state index is -0.0698. The van der Waals surface area contributed by atoms with Crippen LogP contribution in [0.3, 0.4) is 0 Å². The molecule has 1 amide bonds. The summed E-state index contributed by atoms with van der Waals surface area (Å²) in [5.41, 5.74) is 8.45. The molecular formula is C16H15N3O2. The second-order valence-electron chi connectivity index (χ2n) is 4.85. The lowest BCUT2D eigenvalue weighted by Crippen LogP contribution is -2.28. The fourth-order valence-electron chi connectivity index (χ4n) is 2.20. The maximum atomic E-state index is 12.4. The highest BCUT2D eigenvalue weighted by molar-refractivity contribution is 5.96.